The maximum absolute atomic E-state index is 13.7. The number of ketones is 1. The predicted molar refractivity (Wildman–Crippen MR) is 108 cm³/mol. The second-order valence-electron chi connectivity index (χ2n) is 9.19. The number of benzene rings is 1. The molecule has 0 unspecified atom stereocenters. The molecule has 29 heavy (non-hydrogen) atoms. The van der Waals surface area contributed by atoms with Gasteiger partial charge in [0.25, 0.3) is 5.91 Å². The van der Waals surface area contributed by atoms with Crippen LogP contribution in [0.4, 0.5) is 0 Å². The van der Waals surface area contributed by atoms with Crippen LogP contribution in [0.15, 0.2) is 30.3 Å². The molecule has 1 aliphatic carbocycles. The highest BCUT2D eigenvalue weighted by Gasteiger charge is 2.51. The molecule has 3 atom stereocenters. The third-order valence-corrected chi connectivity index (χ3v) is 7.07. The second-order valence-corrected chi connectivity index (χ2v) is 9.19. The molecule has 3 fully saturated rings. The van der Waals surface area contributed by atoms with Crippen LogP contribution in [0.25, 0.3) is 0 Å². The van der Waals surface area contributed by atoms with E-state index in [1.54, 1.807) is 17.0 Å². The normalized spacial score (nSPS) is 32.7. The zero-order valence-corrected chi connectivity index (χ0v) is 17.2. The van der Waals surface area contributed by atoms with Crippen molar-refractivity contribution in [1.82, 2.24) is 10.2 Å². The van der Waals surface area contributed by atoms with E-state index < -0.39 is 12.1 Å². The van der Waals surface area contributed by atoms with Gasteiger partial charge in [0.15, 0.2) is 5.78 Å². The summed E-state index contributed by atoms with van der Waals surface area (Å²) in [6.45, 7) is 4.92. The first-order valence-electron chi connectivity index (χ1n) is 10.7. The maximum atomic E-state index is 13.7. The lowest BCUT2D eigenvalue weighted by Crippen LogP contribution is -2.59. The molecule has 0 aromatic heterocycles. The van der Waals surface area contributed by atoms with Crippen molar-refractivity contribution in [3.05, 3.63) is 35.9 Å². The van der Waals surface area contributed by atoms with Gasteiger partial charge in [-0.1, -0.05) is 44.9 Å². The zero-order chi connectivity index (χ0) is 20.6. The number of amides is 2. The third kappa shape index (κ3) is 3.82. The Hall–Kier alpha value is -2.21. The fourth-order valence-electron chi connectivity index (χ4n) is 5.06. The topological polar surface area (TPSA) is 75.7 Å². The molecule has 2 aliphatic heterocycles. The summed E-state index contributed by atoms with van der Waals surface area (Å²) < 4.78 is 5.55. The van der Waals surface area contributed by atoms with Crippen LogP contribution in [0.3, 0.4) is 0 Å². The average Bonchev–Trinajstić information content (AvgIpc) is 3.31. The summed E-state index contributed by atoms with van der Waals surface area (Å²) in [7, 11) is 0. The molecule has 4 rings (SSSR count). The summed E-state index contributed by atoms with van der Waals surface area (Å²) in [5.74, 6) is 0.215. The van der Waals surface area contributed by atoms with E-state index in [-0.39, 0.29) is 35.7 Å². The molecule has 0 spiro atoms. The fourth-order valence-corrected chi connectivity index (χ4v) is 5.06. The Balaban J connectivity index is 1.60. The van der Waals surface area contributed by atoms with E-state index in [0.29, 0.717) is 24.4 Å². The molecule has 2 saturated heterocycles. The van der Waals surface area contributed by atoms with Gasteiger partial charge < -0.3 is 15.0 Å². The van der Waals surface area contributed by atoms with E-state index >= 15 is 0 Å². The minimum atomic E-state index is -0.644. The van der Waals surface area contributed by atoms with E-state index in [0.717, 1.165) is 25.7 Å². The molecule has 1 aromatic carbocycles. The summed E-state index contributed by atoms with van der Waals surface area (Å²) in [6, 6.07) is 7.86. The molecule has 2 heterocycles. The van der Waals surface area contributed by atoms with Crippen molar-refractivity contribution in [3.8, 4) is 0 Å². The lowest BCUT2D eigenvalue weighted by atomic mass is 9.67. The van der Waals surface area contributed by atoms with Crippen LogP contribution in [-0.2, 0) is 14.3 Å². The summed E-state index contributed by atoms with van der Waals surface area (Å²) >= 11 is 0. The number of ether oxygens (including phenoxy) is 1. The Bertz CT molecular complexity index is 785. The molecule has 2 amide bonds. The first-order valence-corrected chi connectivity index (χ1v) is 10.7. The molecule has 1 N–H and O–H groups in total. The van der Waals surface area contributed by atoms with Gasteiger partial charge in [0.2, 0.25) is 5.91 Å². The highest BCUT2D eigenvalue weighted by atomic mass is 16.5. The van der Waals surface area contributed by atoms with Crippen molar-refractivity contribution in [1.29, 1.82) is 0 Å². The minimum absolute atomic E-state index is 0.0311. The van der Waals surface area contributed by atoms with E-state index in [1.807, 2.05) is 18.2 Å². The van der Waals surface area contributed by atoms with Gasteiger partial charge in [-0.15, -0.1) is 0 Å². The number of nitrogens with one attached hydrogen (secondary N) is 1. The van der Waals surface area contributed by atoms with Gasteiger partial charge >= 0.3 is 0 Å². The van der Waals surface area contributed by atoms with E-state index in [1.165, 1.54) is 0 Å². The number of carbonyl (C=O) groups excluding carboxylic acids is 3. The van der Waals surface area contributed by atoms with E-state index in [2.05, 4.69) is 19.2 Å². The molecule has 3 aliphatic rings. The number of hydrogen-bond acceptors (Lipinski definition) is 4. The first kappa shape index (κ1) is 20.1. The largest absolute Gasteiger partial charge is 0.368 e. The molecular formula is C23H30N2O4. The van der Waals surface area contributed by atoms with Crippen molar-refractivity contribution in [3.63, 3.8) is 0 Å². The Morgan fingerprint density at radius 2 is 1.86 bits per heavy atom. The summed E-state index contributed by atoms with van der Waals surface area (Å²) in [4.78, 5) is 40.6. The van der Waals surface area contributed by atoms with Gasteiger partial charge in [0, 0.05) is 12.1 Å². The van der Waals surface area contributed by atoms with Gasteiger partial charge in [0.1, 0.15) is 18.7 Å². The predicted octanol–water partition coefficient (Wildman–Crippen LogP) is 2.57. The highest BCUT2D eigenvalue weighted by molar-refractivity contribution is 5.99. The second kappa shape index (κ2) is 7.90. The number of likely N-dealkylation sites (tertiary alicyclic amines) is 1. The van der Waals surface area contributed by atoms with Crippen LogP contribution < -0.4 is 5.32 Å². The Kier molecular flexibility index (Phi) is 5.47. The van der Waals surface area contributed by atoms with Crippen molar-refractivity contribution in [2.75, 3.05) is 13.2 Å². The van der Waals surface area contributed by atoms with Crippen molar-refractivity contribution >= 4 is 17.6 Å². The molecule has 1 saturated carbocycles. The Morgan fingerprint density at radius 3 is 2.55 bits per heavy atom. The molecule has 156 valence electrons. The lowest BCUT2D eigenvalue weighted by Gasteiger charge is -2.43. The molecule has 6 nitrogen and oxygen atoms in total. The van der Waals surface area contributed by atoms with Crippen LogP contribution in [0.5, 0.6) is 0 Å². The van der Waals surface area contributed by atoms with Gasteiger partial charge in [-0.2, -0.15) is 0 Å². The molecule has 0 radical (unpaired) electrons. The van der Waals surface area contributed by atoms with E-state index in [4.69, 9.17) is 4.74 Å². The summed E-state index contributed by atoms with van der Waals surface area (Å²) in [6.07, 6.45) is 4.31. The van der Waals surface area contributed by atoms with Crippen LogP contribution in [-0.4, -0.2) is 53.8 Å². The number of Topliss-reactive ketones (excluding diaryl/α,β-unsaturated/α-hetero) is 1. The Labute approximate surface area is 172 Å². The highest BCUT2D eigenvalue weighted by Crippen LogP contribution is 2.42. The first-order chi connectivity index (χ1) is 13.9. The Morgan fingerprint density at radius 1 is 1.17 bits per heavy atom. The standard InChI is InChI=1S/C23H30N2O4/c1-15-8-11-23(2,12-9-15)20(24-21(27)16-6-4-3-5-7-16)22(28)25-13-10-18-19(25)17(26)14-29-18/h3-7,15,18-20H,8-14H2,1-2H3,(H,24,27)/t15?,18-,19-,20-,23?/m1/s1. The van der Waals surface area contributed by atoms with Crippen molar-refractivity contribution in [2.24, 2.45) is 11.3 Å². The number of fused-ring (bicyclic) bond motifs is 1. The van der Waals surface area contributed by atoms with Crippen LogP contribution in [0, 0.1) is 11.3 Å². The smallest absolute Gasteiger partial charge is 0.251 e. The zero-order valence-electron chi connectivity index (χ0n) is 17.2. The number of carbonyl (C=O) groups is 3. The molecule has 6 heteroatoms. The number of nitrogens with zero attached hydrogens (tertiary/aromatic N) is 1. The van der Waals surface area contributed by atoms with Crippen molar-refractivity contribution in [2.45, 2.75) is 64.1 Å². The maximum Gasteiger partial charge on any atom is 0.251 e. The summed E-state index contributed by atoms with van der Waals surface area (Å²) in [5.41, 5.74) is 0.215. The molecular weight excluding hydrogens is 368 g/mol. The lowest BCUT2D eigenvalue weighted by molar-refractivity contribution is -0.141. The number of rotatable bonds is 4. The van der Waals surface area contributed by atoms with E-state index in [9.17, 15) is 14.4 Å². The van der Waals surface area contributed by atoms with Crippen LogP contribution in [0.2, 0.25) is 0 Å². The van der Waals surface area contributed by atoms with Gasteiger partial charge in [0.05, 0.1) is 6.10 Å². The third-order valence-electron chi connectivity index (χ3n) is 7.07. The van der Waals surface area contributed by atoms with Crippen molar-refractivity contribution < 1.29 is 19.1 Å². The minimum Gasteiger partial charge on any atom is -0.368 e. The average molecular weight is 399 g/mol. The van der Waals surface area contributed by atoms with Gasteiger partial charge in [-0.25, -0.2) is 0 Å². The fraction of sp³-hybridized carbons (Fsp3) is 0.609. The summed E-state index contributed by atoms with van der Waals surface area (Å²) in [5, 5.41) is 3.05. The monoisotopic (exact) mass is 398 g/mol. The van der Waals surface area contributed by atoms with Crippen LogP contribution in [0.1, 0.15) is 56.3 Å². The quantitative estimate of drug-likeness (QED) is 0.846. The van der Waals surface area contributed by atoms with Gasteiger partial charge in [-0.3, -0.25) is 14.4 Å². The van der Waals surface area contributed by atoms with Gasteiger partial charge in [-0.05, 0) is 42.7 Å². The van der Waals surface area contributed by atoms with Crippen LogP contribution >= 0.6 is 0 Å². The molecule has 0 bridgehead atoms. The number of hydrogen-bond donors (Lipinski definition) is 1. The molecule has 1 aromatic rings. The SMILES string of the molecule is CC1CCC(C)([C@H](NC(=O)c2ccccc2)C(=O)N2CC[C@H]3OCC(=O)[C@H]32)CC1.